The minimum atomic E-state index is 0.128. The van der Waals surface area contributed by atoms with E-state index in [0.29, 0.717) is 47.6 Å². The molecule has 2 aromatic carbocycles. The van der Waals surface area contributed by atoms with Crippen molar-refractivity contribution in [3.63, 3.8) is 0 Å². The Hall–Kier alpha value is -3.16. The van der Waals surface area contributed by atoms with Crippen LogP contribution in [0.25, 0.3) is 33.6 Å². The number of nitrogens with zero attached hydrogens (tertiary/aromatic N) is 2. The van der Waals surface area contributed by atoms with Gasteiger partial charge in [0.05, 0.1) is 17.1 Å². The number of rotatable bonds is 8. The molecule has 2 heterocycles. The van der Waals surface area contributed by atoms with Crippen molar-refractivity contribution in [3.8, 4) is 28.5 Å². The van der Waals surface area contributed by atoms with Crippen molar-refractivity contribution in [1.29, 1.82) is 0 Å². The first-order valence-electron chi connectivity index (χ1n) is 9.40. The van der Waals surface area contributed by atoms with Crippen LogP contribution in [0, 0.1) is 0 Å². The second-order valence-corrected chi connectivity index (χ2v) is 7.30. The molecule has 0 bridgehead atoms. The molecular weight excluding hydrogens is 406 g/mol. The molecule has 7 nitrogen and oxygen atoms in total. The van der Waals surface area contributed by atoms with E-state index >= 15 is 0 Å². The molecule has 0 atom stereocenters. The second-order valence-electron chi connectivity index (χ2n) is 6.89. The van der Waals surface area contributed by atoms with E-state index in [2.05, 4.69) is 15.4 Å². The molecule has 0 fully saturated rings. The van der Waals surface area contributed by atoms with Crippen molar-refractivity contribution in [3.05, 3.63) is 53.1 Å². The number of hydrogen-bond acceptors (Lipinski definition) is 6. The van der Waals surface area contributed by atoms with E-state index in [1.807, 2.05) is 30.3 Å². The Morgan fingerprint density at radius 2 is 1.97 bits per heavy atom. The zero-order valence-electron chi connectivity index (χ0n) is 16.6. The van der Waals surface area contributed by atoms with Crippen LogP contribution < -0.4 is 4.74 Å². The first-order valence-corrected chi connectivity index (χ1v) is 9.78. The molecule has 0 aliphatic heterocycles. The van der Waals surface area contributed by atoms with Crippen LogP contribution in [0.2, 0.25) is 5.02 Å². The average Bonchev–Trinajstić information content (AvgIpc) is 3.35. The fraction of sp³-hybridized carbons (Fsp3) is 0.227. The van der Waals surface area contributed by atoms with E-state index in [9.17, 15) is 4.79 Å². The number of aromatic nitrogens is 3. The van der Waals surface area contributed by atoms with Gasteiger partial charge in [-0.05, 0) is 18.6 Å². The largest absolute Gasteiger partial charge is 0.490 e. The molecule has 30 heavy (non-hydrogen) atoms. The highest BCUT2D eigenvalue weighted by molar-refractivity contribution is 6.33. The third-order valence-corrected chi connectivity index (χ3v) is 4.90. The molecule has 0 unspecified atom stereocenters. The summed E-state index contributed by atoms with van der Waals surface area (Å²) in [5.74, 6) is 1.20. The molecule has 4 aromatic rings. The van der Waals surface area contributed by atoms with Crippen LogP contribution in [0.5, 0.6) is 5.75 Å². The molecule has 0 spiro atoms. The Balaban J connectivity index is 1.60. The summed E-state index contributed by atoms with van der Waals surface area (Å²) in [6.07, 6.45) is 0.418. The van der Waals surface area contributed by atoms with Crippen LogP contribution in [0.3, 0.4) is 0 Å². The number of hydrogen-bond donors (Lipinski definition) is 1. The molecule has 0 aliphatic carbocycles. The zero-order chi connectivity index (χ0) is 21.1. The van der Waals surface area contributed by atoms with Gasteiger partial charge in [0.1, 0.15) is 29.5 Å². The zero-order valence-corrected chi connectivity index (χ0v) is 17.3. The molecule has 0 amide bonds. The summed E-state index contributed by atoms with van der Waals surface area (Å²) in [4.78, 5) is 11.3. The lowest BCUT2D eigenvalue weighted by atomic mass is 10.1. The maximum Gasteiger partial charge on any atom is 0.188 e. The summed E-state index contributed by atoms with van der Waals surface area (Å²) in [6.45, 7) is 2.45. The molecule has 2 aromatic heterocycles. The number of carbonyl (C=O) groups is 1. The monoisotopic (exact) mass is 425 g/mol. The summed E-state index contributed by atoms with van der Waals surface area (Å²) in [5.41, 5.74) is 3.92. The van der Waals surface area contributed by atoms with Gasteiger partial charge in [0.2, 0.25) is 0 Å². The van der Waals surface area contributed by atoms with Gasteiger partial charge in [0.25, 0.3) is 0 Å². The van der Waals surface area contributed by atoms with E-state index in [0.717, 1.165) is 22.0 Å². The van der Waals surface area contributed by atoms with Crippen LogP contribution in [0.4, 0.5) is 0 Å². The molecule has 1 N–H and O–H groups in total. The van der Waals surface area contributed by atoms with E-state index in [4.69, 9.17) is 25.6 Å². The van der Waals surface area contributed by atoms with Gasteiger partial charge in [-0.1, -0.05) is 41.0 Å². The standard InChI is InChI=1S/C22H20ClN3O4/c1-13(27)9-14-3-5-15(6-4-14)18-11-21(30-26-18)22-16-10-17(23)20(29-8-7-28-2)12-19(16)24-25-22/h3-6,10-12H,7-9H2,1-2H3,(H,24,25). The number of nitrogens with one attached hydrogen (secondary N) is 1. The minimum absolute atomic E-state index is 0.128. The summed E-state index contributed by atoms with van der Waals surface area (Å²) < 4.78 is 16.2. The molecule has 0 radical (unpaired) electrons. The highest BCUT2D eigenvalue weighted by Gasteiger charge is 2.17. The van der Waals surface area contributed by atoms with Crippen LogP contribution in [0.1, 0.15) is 12.5 Å². The Bertz CT molecular complexity index is 1180. The van der Waals surface area contributed by atoms with E-state index < -0.39 is 0 Å². The van der Waals surface area contributed by atoms with Crippen molar-refractivity contribution < 1.29 is 18.8 Å². The summed E-state index contributed by atoms with van der Waals surface area (Å²) in [5, 5.41) is 12.8. The van der Waals surface area contributed by atoms with Crippen molar-refractivity contribution in [2.45, 2.75) is 13.3 Å². The fourth-order valence-electron chi connectivity index (χ4n) is 3.16. The number of aromatic amines is 1. The highest BCUT2D eigenvalue weighted by atomic mass is 35.5. The Morgan fingerprint density at radius 1 is 1.17 bits per heavy atom. The maximum absolute atomic E-state index is 11.3. The molecule has 0 saturated heterocycles. The van der Waals surface area contributed by atoms with Gasteiger partial charge in [-0.15, -0.1) is 0 Å². The number of ketones is 1. The molecule has 0 saturated carbocycles. The van der Waals surface area contributed by atoms with Crippen molar-refractivity contribution in [2.75, 3.05) is 20.3 Å². The smallest absolute Gasteiger partial charge is 0.188 e. The van der Waals surface area contributed by atoms with Crippen LogP contribution in [-0.4, -0.2) is 41.5 Å². The van der Waals surface area contributed by atoms with Gasteiger partial charge >= 0.3 is 0 Å². The van der Waals surface area contributed by atoms with Gasteiger partial charge in [-0.25, -0.2) is 0 Å². The first kappa shape index (κ1) is 20.1. The number of benzene rings is 2. The average molecular weight is 426 g/mol. The number of H-pyrrole nitrogens is 1. The minimum Gasteiger partial charge on any atom is -0.490 e. The first-order chi connectivity index (χ1) is 14.5. The van der Waals surface area contributed by atoms with Gasteiger partial charge in [-0.2, -0.15) is 5.10 Å². The summed E-state index contributed by atoms with van der Waals surface area (Å²) >= 11 is 6.37. The number of carbonyl (C=O) groups excluding carboxylic acids is 1. The Kier molecular flexibility index (Phi) is 5.83. The summed E-state index contributed by atoms with van der Waals surface area (Å²) in [7, 11) is 1.61. The Morgan fingerprint density at radius 3 is 2.70 bits per heavy atom. The molecule has 154 valence electrons. The van der Waals surface area contributed by atoms with Crippen LogP contribution >= 0.6 is 11.6 Å². The van der Waals surface area contributed by atoms with Gasteiger partial charge < -0.3 is 14.0 Å². The highest BCUT2D eigenvalue weighted by Crippen LogP contribution is 2.35. The summed E-state index contributed by atoms with van der Waals surface area (Å²) in [6, 6.07) is 13.1. The van der Waals surface area contributed by atoms with Crippen molar-refractivity contribution >= 4 is 28.3 Å². The third kappa shape index (κ3) is 4.22. The van der Waals surface area contributed by atoms with E-state index in [1.54, 1.807) is 26.2 Å². The van der Waals surface area contributed by atoms with Gasteiger partial charge in [0, 0.05) is 36.6 Å². The van der Waals surface area contributed by atoms with Crippen molar-refractivity contribution in [2.24, 2.45) is 0 Å². The lowest BCUT2D eigenvalue weighted by Gasteiger charge is -2.07. The number of fused-ring (bicyclic) bond motifs is 1. The lowest BCUT2D eigenvalue weighted by molar-refractivity contribution is -0.116. The second kappa shape index (κ2) is 8.69. The van der Waals surface area contributed by atoms with Crippen LogP contribution in [0.15, 0.2) is 47.0 Å². The molecule has 8 heteroatoms. The SMILES string of the molecule is COCCOc1cc2[nH]nc(-c3cc(-c4ccc(CC(C)=O)cc4)no3)c2cc1Cl. The number of methoxy groups -OCH3 is 1. The molecule has 0 aliphatic rings. The predicted octanol–water partition coefficient (Wildman–Crippen LogP) is 4.70. The normalized spacial score (nSPS) is 11.2. The van der Waals surface area contributed by atoms with E-state index in [1.165, 1.54) is 0 Å². The van der Waals surface area contributed by atoms with Crippen molar-refractivity contribution in [1.82, 2.24) is 15.4 Å². The molecule has 4 rings (SSSR count). The third-order valence-electron chi connectivity index (χ3n) is 4.61. The number of ether oxygens (including phenoxy) is 2. The van der Waals surface area contributed by atoms with Gasteiger partial charge in [-0.3, -0.25) is 9.89 Å². The number of halogens is 1. The van der Waals surface area contributed by atoms with E-state index in [-0.39, 0.29) is 5.78 Å². The topological polar surface area (TPSA) is 90.2 Å². The fourth-order valence-corrected chi connectivity index (χ4v) is 3.37. The van der Waals surface area contributed by atoms with Crippen LogP contribution in [-0.2, 0) is 16.0 Å². The maximum atomic E-state index is 11.3. The van der Waals surface area contributed by atoms with Gasteiger partial charge in [0.15, 0.2) is 5.76 Å². The lowest BCUT2D eigenvalue weighted by Crippen LogP contribution is -2.04. The Labute approximate surface area is 177 Å². The number of Topliss-reactive ketones (excluding diaryl/α,β-unsaturated/α-hetero) is 1. The molecular formula is C22H20ClN3O4. The predicted molar refractivity (Wildman–Crippen MR) is 114 cm³/mol. The quantitative estimate of drug-likeness (QED) is 0.412.